The lowest BCUT2D eigenvalue weighted by atomic mass is 10.1. The zero-order chi connectivity index (χ0) is 25.5. The van der Waals surface area contributed by atoms with E-state index in [-0.39, 0.29) is 29.4 Å². The molecule has 10 nitrogen and oxygen atoms in total. The molecular weight excluding hydrogens is 524 g/mol. The number of hydrogen-bond donors (Lipinski definition) is 0. The van der Waals surface area contributed by atoms with Crippen LogP contribution in [0.2, 0.25) is 0 Å². The Bertz CT molecular complexity index is 1320. The molecule has 0 saturated carbocycles. The molecule has 0 heterocycles. The van der Waals surface area contributed by atoms with Crippen molar-refractivity contribution < 1.29 is 28.9 Å². The Balaban J connectivity index is 1.71. The van der Waals surface area contributed by atoms with Gasteiger partial charge in [0.1, 0.15) is 5.75 Å². The third-order valence-electron chi connectivity index (χ3n) is 4.77. The lowest BCUT2D eigenvalue weighted by molar-refractivity contribution is -0.394. The van der Waals surface area contributed by atoms with Crippen molar-refractivity contribution in [3.05, 3.63) is 96.0 Å². The monoisotopic (exact) mass is 542 g/mol. The van der Waals surface area contributed by atoms with Crippen molar-refractivity contribution in [3.63, 3.8) is 0 Å². The summed E-state index contributed by atoms with van der Waals surface area (Å²) in [4.78, 5) is 33.0. The molecule has 0 aromatic heterocycles. The Morgan fingerprint density at radius 3 is 2.40 bits per heavy atom. The summed E-state index contributed by atoms with van der Waals surface area (Å²) in [6.07, 6.45) is 3.03. The smallest absolute Gasteiger partial charge is 0.349 e. The van der Waals surface area contributed by atoms with Gasteiger partial charge in [-0.25, -0.2) is 4.79 Å². The van der Waals surface area contributed by atoms with Crippen LogP contribution in [0, 0.1) is 27.2 Å². The minimum Gasteiger partial charge on any atom is -0.493 e. The minimum atomic E-state index is -0.698. The average Bonchev–Trinajstić information content (AvgIpc) is 2.83. The summed E-state index contributed by atoms with van der Waals surface area (Å²) in [5, 5.41) is 22.2. The second-order valence-corrected chi connectivity index (χ2v) is 8.03. The molecule has 0 bridgehead atoms. The topological polar surface area (TPSA) is 131 Å². The Kier molecular flexibility index (Phi) is 8.16. The maximum Gasteiger partial charge on any atom is 0.349 e. The van der Waals surface area contributed by atoms with Crippen LogP contribution >= 0.6 is 15.9 Å². The number of aryl methyl sites for hydroxylation is 1. The molecule has 0 atom stereocenters. The Morgan fingerprint density at radius 1 is 0.971 bits per heavy atom. The van der Waals surface area contributed by atoms with Crippen LogP contribution < -0.4 is 14.2 Å². The second kappa shape index (κ2) is 11.3. The van der Waals surface area contributed by atoms with Gasteiger partial charge >= 0.3 is 5.97 Å². The molecule has 0 aliphatic heterocycles. The van der Waals surface area contributed by atoms with Gasteiger partial charge in [-0.2, -0.15) is 0 Å². The first-order valence-electron chi connectivity index (χ1n) is 10.1. The number of carbonyl (C=O) groups excluding carboxylic acids is 1. The predicted octanol–water partition coefficient (Wildman–Crippen LogP) is 5.74. The van der Waals surface area contributed by atoms with Crippen LogP contribution in [0.25, 0.3) is 12.2 Å². The standard InChI is InChI=1S/C24H19BrN2O8/c1-15-11-19(8-9-20(15)25)34-14-24(28)35-22-10-4-16(12-23(22)33-2)3-5-17-6-7-18(26(29)30)13-21(17)27(31)32/h3-13H,14H2,1-2H3/b5-3+. The van der Waals surface area contributed by atoms with Gasteiger partial charge in [0.15, 0.2) is 18.1 Å². The number of hydrogen-bond acceptors (Lipinski definition) is 8. The highest BCUT2D eigenvalue weighted by atomic mass is 79.9. The molecule has 0 spiro atoms. The fraction of sp³-hybridized carbons (Fsp3) is 0.125. The van der Waals surface area contributed by atoms with Crippen molar-refractivity contribution >= 4 is 45.4 Å². The molecule has 11 heteroatoms. The quantitative estimate of drug-likeness (QED) is 0.110. The fourth-order valence-electron chi connectivity index (χ4n) is 3.00. The minimum absolute atomic E-state index is 0.173. The third-order valence-corrected chi connectivity index (χ3v) is 5.66. The lowest BCUT2D eigenvalue weighted by Gasteiger charge is -2.11. The van der Waals surface area contributed by atoms with Crippen LogP contribution in [0.4, 0.5) is 11.4 Å². The van der Waals surface area contributed by atoms with E-state index in [4.69, 9.17) is 14.2 Å². The van der Waals surface area contributed by atoms with Crippen LogP contribution in [-0.4, -0.2) is 29.5 Å². The van der Waals surface area contributed by atoms with Crippen LogP contribution in [0.15, 0.2) is 59.1 Å². The molecule has 0 saturated heterocycles. The van der Waals surface area contributed by atoms with E-state index in [0.717, 1.165) is 16.1 Å². The van der Waals surface area contributed by atoms with Gasteiger partial charge in [-0.05, 0) is 60.5 Å². The highest BCUT2D eigenvalue weighted by molar-refractivity contribution is 9.10. The molecule has 35 heavy (non-hydrogen) atoms. The summed E-state index contributed by atoms with van der Waals surface area (Å²) in [6.45, 7) is 1.59. The number of methoxy groups -OCH3 is 1. The van der Waals surface area contributed by atoms with E-state index < -0.39 is 21.5 Å². The average molecular weight is 543 g/mol. The fourth-order valence-corrected chi connectivity index (χ4v) is 3.25. The van der Waals surface area contributed by atoms with Crippen LogP contribution in [0.3, 0.4) is 0 Å². The number of benzene rings is 3. The normalized spacial score (nSPS) is 10.7. The van der Waals surface area contributed by atoms with Crippen LogP contribution in [0.5, 0.6) is 17.2 Å². The van der Waals surface area contributed by atoms with Crippen molar-refractivity contribution in [3.8, 4) is 17.2 Å². The van der Waals surface area contributed by atoms with Crippen molar-refractivity contribution in [1.82, 2.24) is 0 Å². The largest absolute Gasteiger partial charge is 0.493 e. The van der Waals surface area contributed by atoms with E-state index >= 15 is 0 Å². The molecule has 3 aromatic rings. The predicted molar refractivity (Wildman–Crippen MR) is 132 cm³/mol. The first-order valence-corrected chi connectivity index (χ1v) is 10.9. The summed E-state index contributed by atoms with van der Waals surface area (Å²) in [5.74, 6) is 0.328. The molecule has 180 valence electrons. The van der Waals surface area contributed by atoms with Gasteiger partial charge in [-0.3, -0.25) is 20.2 Å². The molecule has 0 N–H and O–H groups in total. The third kappa shape index (κ3) is 6.64. The first-order chi connectivity index (χ1) is 16.7. The van der Waals surface area contributed by atoms with E-state index in [2.05, 4.69) is 15.9 Å². The Morgan fingerprint density at radius 2 is 1.74 bits per heavy atom. The van der Waals surface area contributed by atoms with Crippen molar-refractivity contribution in [1.29, 1.82) is 0 Å². The maximum atomic E-state index is 12.2. The van der Waals surface area contributed by atoms with E-state index in [1.807, 2.05) is 13.0 Å². The highest BCUT2D eigenvalue weighted by Gasteiger charge is 2.18. The molecule has 0 unspecified atom stereocenters. The number of ether oxygens (including phenoxy) is 3. The number of halogens is 1. The lowest BCUT2D eigenvalue weighted by Crippen LogP contribution is -2.18. The second-order valence-electron chi connectivity index (χ2n) is 7.17. The number of esters is 1. The van der Waals surface area contributed by atoms with E-state index in [1.165, 1.54) is 31.4 Å². The molecule has 0 radical (unpaired) electrons. The summed E-state index contributed by atoms with van der Waals surface area (Å²) in [5.41, 5.74) is 0.974. The maximum absolute atomic E-state index is 12.2. The van der Waals surface area contributed by atoms with Crippen molar-refractivity contribution in [2.45, 2.75) is 6.92 Å². The zero-order valence-corrected chi connectivity index (χ0v) is 20.2. The van der Waals surface area contributed by atoms with Gasteiger partial charge in [-0.15, -0.1) is 0 Å². The number of nitro groups is 2. The highest BCUT2D eigenvalue weighted by Crippen LogP contribution is 2.30. The summed E-state index contributed by atoms with van der Waals surface area (Å²) in [6, 6.07) is 13.4. The summed E-state index contributed by atoms with van der Waals surface area (Å²) >= 11 is 3.40. The number of nitro benzene ring substituents is 2. The summed E-state index contributed by atoms with van der Waals surface area (Å²) in [7, 11) is 1.41. The van der Waals surface area contributed by atoms with Gasteiger partial charge in [0.25, 0.3) is 11.4 Å². The number of rotatable bonds is 9. The van der Waals surface area contributed by atoms with Gasteiger partial charge in [0.05, 0.1) is 28.6 Å². The SMILES string of the molecule is COc1cc(/C=C/c2ccc([N+](=O)[O-])cc2[N+](=O)[O-])ccc1OC(=O)COc1ccc(Br)c(C)c1. The van der Waals surface area contributed by atoms with Gasteiger partial charge < -0.3 is 14.2 Å². The number of carbonyl (C=O) groups is 1. The first kappa shape index (κ1) is 25.4. The number of nitrogens with zero attached hydrogens (tertiary/aromatic N) is 2. The van der Waals surface area contributed by atoms with Crippen LogP contribution in [-0.2, 0) is 4.79 Å². The number of non-ortho nitro benzene ring substituents is 1. The zero-order valence-electron chi connectivity index (χ0n) is 18.6. The molecular formula is C24H19BrN2O8. The molecule has 0 aliphatic rings. The molecule has 3 rings (SSSR count). The summed E-state index contributed by atoms with van der Waals surface area (Å²) < 4.78 is 17.0. The van der Waals surface area contributed by atoms with Gasteiger partial charge in [-0.1, -0.05) is 28.1 Å². The molecule has 0 aliphatic carbocycles. The Labute approximate surface area is 208 Å². The molecule has 0 fully saturated rings. The van der Waals surface area contributed by atoms with Gasteiger partial charge in [0.2, 0.25) is 0 Å². The van der Waals surface area contributed by atoms with E-state index in [9.17, 15) is 25.0 Å². The van der Waals surface area contributed by atoms with E-state index in [0.29, 0.717) is 11.3 Å². The van der Waals surface area contributed by atoms with E-state index in [1.54, 1.807) is 30.3 Å². The van der Waals surface area contributed by atoms with Crippen LogP contribution in [0.1, 0.15) is 16.7 Å². The van der Waals surface area contributed by atoms with Crippen molar-refractivity contribution in [2.24, 2.45) is 0 Å². The van der Waals surface area contributed by atoms with Gasteiger partial charge in [0, 0.05) is 10.5 Å². The van der Waals surface area contributed by atoms with Crippen molar-refractivity contribution in [2.75, 3.05) is 13.7 Å². The Hall–Kier alpha value is -4.25. The molecule has 0 amide bonds. The molecule has 3 aromatic carbocycles.